The van der Waals surface area contributed by atoms with E-state index < -0.39 is 0 Å². The van der Waals surface area contributed by atoms with Crippen molar-refractivity contribution in [2.24, 2.45) is 4.99 Å². The summed E-state index contributed by atoms with van der Waals surface area (Å²) in [6.45, 7) is 10.5. The molecule has 0 bridgehead atoms. The SMILES string of the molecule is CCNC(=NCC(C)N1CCOCC1)NCC(Cc1ccccc1)N(C)C. The molecule has 1 aromatic carbocycles. The minimum atomic E-state index is 0.410. The Morgan fingerprint density at radius 1 is 1.19 bits per heavy atom. The van der Waals surface area contributed by atoms with E-state index in [1.807, 2.05) is 0 Å². The Morgan fingerprint density at radius 2 is 1.89 bits per heavy atom. The molecule has 0 saturated carbocycles. The minimum absolute atomic E-state index is 0.410. The van der Waals surface area contributed by atoms with Crippen LogP contribution in [0.1, 0.15) is 19.4 Å². The van der Waals surface area contributed by atoms with Crippen LogP contribution in [0.3, 0.4) is 0 Å². The molecular weight excluding hydrogens is 338 g/mol. The first-order chi connectivity index (χ1) is 13.1. The number of hydrogen-bond donors (Lipinski definition) is 2. The molecule has 6 nitrogen and oxygen atoms in total. The maximum atomic E-state index is 5.44. The van der Waals surface area contributed by atoms with Gasteiger partial charge in [-0.25, -0.2) is 0 Å². The van der Waals surface area contributed by atoms with Gasteiger partial charge >= 0.3 is 0 Å². The molecule has 1 heterocycles. The Balaban J connectivity index is 1.88. The molecular formula is C21H37N5O. The van der Waals surface area contributed by atoms with Crippen LogP contribution >= 0.6 is 0 Å². The van der Waals surface area contributed by atoms with Crippen molar-refractivity contribution in [1.29, 1.82) is 0 Å². The van der Waals surface area contributed by atoms with Crippen molar-refractivity contribution in [3.05, 3.63) is 35.9 Å². The molecule has 27 heavy (non-hydrogen) atoms. The number of rotatable bonds is 9. The van der Waals surface area contributed by atoms with E-state index in [0.29, 0.717) is 12.1 Å². The first kappa shape index (κ1) is 21.7. The summed E-state index contributed by atoms with van der Waals surface area (Å²) >= 11 is 0. The third-order valence-corrected chi connectivity index (χ3v) is 5.08. The number of hydrogen-bond acceptors (Lipinski definition) is 4. The molecule has 152 valence electrons. The molecule has 0 spiro atoms. The monoisotopic (exact) mass is 375 g/mol. The molecule has 1 saturated heterocycles. The van der Waals surface area contributed by atoms with Gasteiger partial charge in [0.05, 0.1) is 19.8 Å². The predicted octanol–water partition coefficient (Wildman–Crippen LogP) is 1.44. The van der Waals surface area contributed by atoms with Crippen LogP contribution in [-0.2, 0) is 11.2 Å². The van der Waals surface area contributed by atoms with Gasteiger partial charge in [0.2, 0.25) is 0 Å². The van der Waals surface area contributed by atoms with E-state index in [2.05, 4.69) is 78.7 Å². The number of nitrogens with one attached hydrogen (secondary N) is 2. The van der Waals surface area contributed by atoms with Crippen LogP contribution in [0, 0.1) is 0 Å². The summed E-state index contributed by atoms with van der Waals surface area (Å²) in [5.74, 6) is 0.900. The number of benzene rings is 1. The highest BCUT2D eigenvalue weighted by Crippen LogP contribution is 2.06. The van der Waals surface area contributed by atoms with Crippen molar-refractivity contribution in [2.45, 2.75) is 32.4 Å². The fraction of sp³-hybridized carbons (Fsp3) is 0.667. The molecule has 2 atom stereocenters. The second-order valence-electron chi connectivity index (χ2n) is 7.41. The van der Waals surface area contributed by atoms with Crippen molar-refractivity contribution >= 4 is 5.96 Å². The highest BCUT2D eigenvalue weighted by Gasteiger charge is 2.17. The maximum absolute atomic E-state index is 5.44. The summed E-state index contributed by atoms with van der Waals surface area (Å²) in [6, 6.07) is 11.5. The van der Waals surface area contributed by atoms with Gasteiger partial charge in [-0.1, -0.05) is 30.3 Å². The predicted molar refractivity (Wildman–Crippen MR) is 113 cm³/mol. The lowest BCUT2D eigenvalue weighted by Crippen LogP contribution is -2.47. The maximum Gasteiger partial charge on any atom is 0.191 e. The van der Waals surface area contributed by atoms with Crippen LogP contribution in [0.2, 0.25) is 0 Å². The number of guanidine groups is 1. The number of morpholine rings is 1. The number of ether oxygens (including phenoxy) is 1. The third kappa shape index (κ3) is 7.87. The van der Waals surface area contributed by atoms with Crippen LogP contribution < -0.4 is 10.6 Å². The Morgan fingerprint density at radius 3 is 2.52 bits per heavy atom. The summed E-state index contributed by atoms with van der Waals surface area (Å²) in [6.07, 6.45) is 1.02. The van der Waals surface area contributed by atoms with Gasteiger partial charge in [0.25, 0.3) is 0 Å². The molecule has 6 heteroatoms. The second-order valence-corrected chi connectivity index (χ2v) is 7.41. The van der Waals surface area contributed by atoms with Gasteiger partial charge in [-0.2, -0.15) is 0 Å². The highest BCUT2D eigenvalue weighted by atomic mass is 16.5. The fourth-order valence-electron chi connectivity index (χ4n) is 3.24. The first-order valence-electron chi connectivity index (χ1n) is 10.1. The van der Waals surface area contributed by atoms with Gasteiger partial charge in [-0.3, -0.25) is 9.89 Å². The lowest BCUT2D eigenvalue weighted by atomic mass is 10.1. The standard InChI is InChI=1S/C21H37N5O/c1-5-22-21(23-16-18(2)26-11-13-27-14-12-26)24-17-20(25(3)4)15-19-9-7-6-8-10-19/h6-10,18,20H,5,11-17H2,1-4H3,(H2,22,23,24). The lowest BCUT2D eigenvalue weighted by Gasteiger charge is -2.31. The second kappa shape index (κ2) is 12.0. The quantitative estimate of drug-likeness (QED) is 0.505. The molecule has 1 aliphatic heterocycles. The van der Waals surface area contributed by atoms with E-state index in [0.717, 1.165) is 58.3 Å². The van der Waals surface area contributed by atoms with Gasteiger partial charge in [-0.05, 0) is 39.9 Å². The van der Waals surface area contributed by atoms with E-state index in [9.17, 15) is 0 Å². The zero-order chi connectivity index (χ0) is 19.5. The zero-order valence-corrected chi connectivity index (χ0v) is 17.4. The molecule has 0 amide bonds. The highest BCUT2D eigenvalue weighted by molar-refractivity contribution is 5.79. The van der Waals surface area contributed by atoms with Crippen molar-refractivity contribution in [3.8, 4) is 0 Å². The summed E-state index contributed by atoms with van der Waals surface area (Å²) < 4.78 is 5.44. The van der Waals surface area contributed by atoms with Crippen LogP contribution in [0.25, 0.3) is 0 Å². The van der Waals surface area contributed by atoms with Crippen molar-refractivity contribution in [1.82, 2.24) is 20.4 Å². The Hall–Kier alpha value is -1.63. The van der Waals surface area contributed by atoms with Gasteiger partial charge in [0.15, 0.2) is 5.96 Å². The van der Waals surface area contributed by atoms with Crippen molar-refractivity contribution < 1.29 is 4.74 Å². The van der Waals surface area contributed by atoms with Gasteiger partial charge in [0, 0.05) is 38.3 Å². The van der Waals surface area contributed by atoms with E-state index in [4.69, 9.17) is 9.73 Å². The molecule has 1 aromatic rings. The Labute approximate surface area is 165 Å². The smallest absolute Gasteiger partial charge is 0.191 e. The molecule has 1 aliphatic rings. The Bertz CT molecular complexity index is 543. The van der Waals surface area contributed by atoms with Crippen LogP contribution in [0.4, 0.5) is 0 Å². The molecule has 2 rings (SSSR count). The van der Waals surface area contributed by atoms with Crippen LogP contribution in [-0.4, -0.2) is 87.9 Å². The van der Waals surface area contributed by atoms with E-state index in [-0.39, 0.29) is 0 Å². The summed E-state index contributed by atoms with van der Waals surface area (Å²) in [5.41, 5.74) is 1.36. The van der Waals surface area contributed by atoms with Gasteiger partial charge in [0.1, 0.15) is 0 Å². The molecule has 0 aromatic heterocycles. The molecule has 1 fully saturated rings. The molecule has 2 unspecified atom stereocenters. The van der Waals surface area contributed by atoms with E-state index in [1.165, 1.54) is 5.56 Å². The third-order valence-electron chi connectivity index (χ3n) is 5.08. The average Bonchev–Trinajstić information content (AvgIpc) is 2.70. The zero-order valence-electron chi connectivity index (χ0n) is 17.4. The van der Waals surface area contributed by atoms with Gasteiger partial charge < -0.3 is 20.3 Å². The molecule has 0 aliphatic carbocycles. The van der Waals surface area contributed by atoms with Crippen molar-refractivity contribution in [2.75, 3.05) is 60.0 Å². The lowest BCUT2D eigenvalue weighted by molar-refractivity contribution is 0.0220. The van der Waals surface area contributed by atoms with E-state index in [1.54, 1.807) is 0 Å². The van der Waals surface area contributed by atoms with Crippen LogP contribution in [0.5, 0.6) is 0 Å². The Kier molecular flexibility index (Phi) is 9.59. The number of aliphatic imine (C=N–C) groups is 1. The first-order valence-corrected chi connectivity index (χ1v) is 10.1. The number of likely N-dealkylation sites (N-methyl/N-ethyl adjacent to an activating group) is 1. The molecule has 2 N–H and O–H groups in total. The largest absolute Gasteiger partial charge is 0.379 e. The average molecular weight is 376 g/mol. The normalized spacial score (nSPS) is 18.3. The summed E-state index contributed by atoms with van der Waals surface area (Å²) in [7, 11) is 4.28. The fourth-order valence-corrected chi connectivity index (χ4v) is 3.24. The topological polar surface area (TPSA) is 52.1 Å². The van der Waals surface area contributed by atoms with E-state index >= 15 is 0 Å². The molecule has 0 radical (unpaired) electrons. The van der Waals surface area contributed by atoms with Crippen LogP contribution in [0.15, 0.2) is 35.3 Å². The number of nitrogens with zero attached hydrogens (tertiary/aromatic N) is 3. The van der Waals surface area contributed by atoms with Gasteiger partial charge in [-0.15, -0.1) is 0 Å². The summed E-state index contributed by atoms with van der Waals surface area (Å²) in [4.78, 5) is 9.55. The van der Waals surface area contributed by atoms with Crippen molar-refractivity contribution in [3.63, 3.8) is 0 Å². The summed E-state index contributed by atoms with van der Waals surface area (Å²) in [5, 5.41) is 6.91. The minimum Gasteiger partial charge on any atom is -0.379 e.